The van der Waals surface area contributed by atoms with Gasteiger partial charge in [0.2, 0.25) is 0 Å². The van der Waals surface area contributed by atoms with Gasteiger partial charge >= 0.3 is 5.69 Å². The van der Waals surface area contributed by atoms with Gasteiger partial charge in [-0.3, -0.25) is 14.2 Å². The quantitative estimate of drug-likeness (QED) is 0.0974. The summed E-state index contributed by atoms with van der Waals surface area (Å²) in [6, 6.07) is 11.0. The lowest BCUT2D eigenvalue weighted by Gasteiger charge is -2.37. The van der Waals surface area contributed by atoms with Crippen molar-refractivity contribution >= 4 is 57.4 Å². The fourth-order valence-electron chi connectivity index (χ4n) is 7.03. The number of nitriles is 1. The summed E-state index contributed by atoms with van der Waals surface area (Å²) >= 11 is 0. The number of dihydropyridines is 1. The van der Waals surface area contributed by atoms with E-state index in [-0.39, 0.29) is 68.4 Å². The van der Waals surface area contributed by atoms with Gasteiger partial charge in [-0.15, -0.1) is 12.8 Å². The summed E-state index contributed by atoms with van der Waals surface area (Å²) < 4.78 is 33.8. The maximum atomic E-state index is 13.3. The van der Waals surface area contributed by atoms with Crippen molar-refractivity contribution in [1.82, 2.24) is 14.2 Å². The summed E-state index contributed by atoms with van der Waals surface area (Å²) in [5.41, 5.74) is 6.36. The minimum atomic E-state index is -1.50. The molecule has 1 aromatic heterocycles. The van der Waals surface area contributed by atoms with Crippen LogP contribution >= 0.6 is 33.9 Å². The van der Waals surface area contributed by atoms with E-state index in [0.717, 1.165) is 0 Å². The second-order valence-electron chi connectivity index (χ2n) is 15.5. The zero-order valence-corrected chi connectivity index (χ0v) is 41.7. The Morgan fingerprint density at radius 1 is 1.06 bits per heavy atom. The number of terminal acetylenes is 2. The van der Waals surface area contributed by atoms with E-state index in [0.29, 0.717) is 36.0 Å². The highest BCUT2D eigenvalue weighted by atomic mass is 32.4. The van der Waals surface area contributed by atoms with Crippen LogP contribution in [0.15, 0.2) is 58.0 Å². The standard InChI is InChI=1S/C31H38N5O5P.C15H19N2O4P3/c1-7-9-11-17-25-21-35(31(38)34-29(25)33-30(37)24-15-12-10-13-16-24)28-20-27(26(8-2)40-28)41-42(39-19-14-18-32)36(22(3)4)23(5)6;1-2-3-4-5-9-6-10(15(19)17-14(9)16)12-7-11(18)13(21-12)8-20-24(22)23/h1,10,12-13,15-16,21-23,26-28H,8-9,14,19-20H2,2-6H3,(H,33,34,37,38);1,6,10-13,18H,3,7-8,22-23H2,(H2,16,17,19)/t26-,27-,28-,42?;10?,11-,12-,13-/m11/s1. The Balaban J connectivity index is 0.000000335. The fraction of sp³-hybridized carbons (Fsp3) is 0.478. The normalized spacial score (nSPS) is 22.7. The number of carbonyl (C=O) groups is 2. The Kier molecular flexibility index (Phi) is 22.5. The number of amides is 2. The monoisotopic (exact) mass is 975 g/mol. The first-order valence-electron chi connectivity index (χ1n) is 21.2. The molecule has 4 unspecified atom stereocenters. The van der Waals surface area contributed by atoms with E-state index in [1.54, 1.807) is 42.6 Å². The molecule has 66 heavy (non-hydrogen) atoms. The van der Waals surface area contributed by atoms with Crippen LogP contribution in [-0.2, 0) is 27.8 Å². The molecule has 16 nitrogen and oxygen atoms in total. The fourth-order valence-corrected chi connectivity index (χ4v) is 9.62. The van der Waals surface area contributed by atoms with E-state index in [1.165, 1.54) is 4.57 Å². The van der Waals surface area contributed by atoms with Crippen LogP contribution in [0.25, 0.3) is 0 Å². The van der Waals surface area contributed by atoms with Crippen molar-refractivity contribution < 1.29 is 37.7 Å². The number of anilines is 1. The minimum Gasteiger partial charge on any atom is -0.390 e. The third kappa shape index (κ3) is 15.9. The summed E-state index contributed by atoms with van der Waals surface area (Å²) in [7, 11) is 2.87. The first kappa shape index (κ1) is 54.2. The summed E-state index contributed by atoms with van der Waals surface area (Å²) in [5.74, 6) is 14.9. The number of nitrogens with two attached hydrogens (primary N) is 1. The van der Waals surface area contributed by atoms with Crippen LogP contribution in [0.2, 0.25) is 0 Å². The SMILES string of the molecule is C#CCC#CC1=CC([C@H]2C[C@@H](O)[C@@H](COP(P)P)O2)C(=O)N=C1N.C#CCC#Cc1cn([C@H]2C[C@@H](OP(OCCC#N)N(C(C)C)C(C)C)[C@@H](CC)O2)c(=O)nc1NC(=O)c1ccccc1. The number of rotatable bonds is 16. The van der Waals surface area contributed by atoms with Crippen LogP contribution < -0.4 is 16.7 Å². The summed E-state index contributed by atoms with van der Waals surface area (Å²) in [6.07, 6.45) is 12.8. The molecule has 3 aliphatic rings. The lowest BCUT2D eigenvalue weighted by molar-refractivity contribution is -0.124. The van der Waals surface area contributed by atoms with Gasteiger partial charge in [0.1, 0.15) is 18.2 Å². The average molecular weight is 976 g/mol. The Morgan fingerprint density at radius 2 is 1.74 bits per heavy atom. The molecule has 1 aromatic carbocycles. The number of aliphatic hydroxyl groups is 1. The number of aromatic nitrogens is 2. The predicted octanol–water partition coefficient (Wildman–Crippen LogP) is 6.19. The predicted molar refractivity (Wildman–Crippen MR) is 263 cm³/mol. The number of amidine groups is 1. The van der Waals surface area contributed by atoms with Crippen molar-refractivity contribution in [2.45, 2.75) is 122 Å². The number of nitrogens with zero attached hydrogens (tertiary/aromatic N) is 5. The molecule has 0 bridgehead atoms. The van der Waals surface area contributed by atoms with Gasteiger partial charge in [-0.25, -0.2) is 9.46 Å². The van der Waals surface area contributed by atoms with Crippen molar-refractivity contribution in [2.75, 3.05) is 18.5 Å². The van der Waals surface area contributed by atoms with Crippen LogP contribution in [-0.4, -0.2) is 92.8 Å². The number of hydrogen-bond acceptors (Lipinski definition) is 13. The Hall–Kier alpha value is -4.38. The van der Waals surface area contributed by atoms with Crippen molar-refractivity contribution in [3.63, 3.8) is 0 Å². The largest absolute Gasteiger partial charge is 0.390 e. The number of carbonyl (C=O) groups excluding carboxylic acids is 2. The van der Waals surface area contributed by atoms with Crippen molar-refractivity contribution in [1.29, 1.82) is 5.26 Å². The lowest BCUT2D eigenvalue weighted by atomic mass is 9.93. The average Bonchev–Trinajstić information content (AvgIpc) is 3.86. The topological polar surface area (TPSA) is 213 Å². The number of benzene rings is 1. The molecule has 3 aliphatic heterocycles. The van der Waals surface area contributed by atoms with E-state index >= 15 is 0 Å². The van der Waals surface area contributed by atoms with Crippen LogP contribution in [0.3, 0.4) is 0 Å². The molecular weight excluding hydrogens is 918 g/mol. The molecule has 2 aromatic rings. The van der Waals surface area contributed by atoms with Gasteiger partial charge in [0.15, 0.2) is 5.82 Å². The molecule has 2 amide bonds. The summed E-state index contributed by atoms with van der Waals surface area (Å²) in [5, 5.41) is 21.9. The van der Waals surface area contributed by atoms with Crippen LogP contribution in [0.1, 0.15) is 95.3 Å². The molecule has 0 aliphatic carbocycles. The first-order valence-corrected chi connectivity index (χ1v) is 26.9. The second kappa shape index (κ2) is 27.4. The van der Waals surface area contributed by atoms with Crippen molar-refractivity contribution in [3.05, 3.63) is 69.8 Å². The zero-order valence-electron chi connectivity index (χ0n) is 37.6. The van der Waals surface area contributed by atoms with Crippen molar-refractivity contribution in [3.8, 4) is 54.4 Å². The van der Waals surface area contributed by atoms with Crippen LogP contribution in [0, 0.1) is 65.6 Å². The smallest absolute Gasteiger partial charge is 0.351 e. The van der Waals surface area contributed by atoms with Gasteiger partial charge in [-0.1, -0.05) is 78.5 Å². The molecule has 350 valence electrons. The highest BCUT2D eigenvalue weighted by molar-refractivity contribution is 8.41. The van der Waals surface area contributed by atoms with Gasteiger partial charge < -0.3 is 39.2 Å². The molecule has 20 heteroatoms. The molecule has 4 heterocycles. The third-order valence-electron chi connectivity index (χ3n) is 10.0. The Morgan fingerprint density at radius 3 is 2.36 bits per heavy atom. The maximum Gasteiger partial charge on any atom is 0.351 e. The maximum absolute atomic E-state index is 13.3. The summed E-state index contributed by atoms with van der Waals surface area (Å²) in [4.78, 5) is 46.2. The van der Waals surface area contributed by atoms with E-state index in [1.807, 2.05) is 6.92 Å². The zero-order chi connectivity index (χ0) is 48.3. The molecule has 10 atom stereocenters. The van der Waals surface area contributed by atoms with Crippen molar-refractivity contribution in [2.24, 2.45) is 16.6 Å². The number of hydrogen-bond donors (Lipinski definition) is 3. The molecule has 4 N–H and O–H groups in total. The Labute approximate surface area is 394 Å². The molecule has 0 spiro atoms. The molecule has 2 saturated heterocycles. The highest BCUT2D eigenvalue weighted by Gasteiger charge is 2.43. The molecule has 0 radical (unpaired) electrons. The van der Waals surface area contributed by atoms with Gasteiger partial charge in [-0.05, 0) is 52.3 Å². The molecule has 2 fully saturated rings. The van der Waals surface area contributed by atoms with Gasteiger partial charge in [0, 0.05) is 36.7 Å². The number of aliphatic hydroxyl groups excluding tert-OH is 1. The van der Waals surface area contributed by atoms with Gasteiger partial charge in [0.25, 0.3) is 20.3 Å². The van der Waals surface area contributed by atoms with Gasteiger partial charge in [0.05, 0.1) is 87.5 Å². The number of nitrogens with one attached hydrogen (secondary N) is 1. The third-order valence-corrected chi connectivity index (χ3v) is 13.5. The lowest BCUT2D eigenvalue weighted by Crippen LogP contribution is -2.35. The number of aliphatic imine (C=N–C) groups is 1. The molecule has 5 rings (SSSR count). The van der Waals surface area contributed by atoms with E-state index < -0.39 is 64.0 Å². The Bertz CT molecular complexity index is 2360. The first-order chi connectivity index (χ1) is 31.6. The summed E-state index contributed by atoms with van der Waals surface area (Å²) in [6.45, 7) is 10.8. The molecular formula is C46H57N7O9P4. The second-order valence-corrected chi connectivity index (χ2v) is 22.7. The molecule has 0 saturated carbocycles. The van der Waals surface area contributed by atoms with E-state index in [2.05, 4.69) is 107 Å². The number of ether oxygens (including phenoxy) is 2. The minimum absolute atomic E-state index is 0.0476. The van der Waals surface area contributed by atoms with Crippen LogP contribution in [0.5, 0.6) is 0 Å². The van der Waals surface area contributed by atoms with E-state index in [9.17, 15) is 19.5 Å². The van der Waals surface area contributed by atoms with Crippen LogP contribution in [0.4, 0.5) is 5.82 Å². The van der Waals surface area contributed by atoms with Gasteiger partial charge in [-0.2, -0.15) is 15.2 Å². The van der Waals surface area contributed by atoms with E-state index in [4.69, 9.17) is 46.9 Å². The highest BCUT2D eigenvalue weighted by Crippen LogP contribution is 2.54.